The highest BCUT2D eigenvalue weighted by Gasteiger charge is 2.34. The SMILES string of the molecule is NC(=NCC1CS(=O)(=O)c2ccccc21)NC1CCCCCC1. The molecule has 1 atom stereocenters. The van der Waals surface area contributed by atoms with Crippen LogP contribution in [0.1, 0.15) is 50.0 Å². The van der Waals surface area contributed by atoms with E-state index in [0.29, 0.717) is 23.4 Å². The average molecular weight is 335 g/mol. The molecule has 1 saturated carbocycles. The number of nitrogens with zero attached hydrogens (tertiary/aromatic N) is 1. The Morgan fingerprint density at radius 3 is 2.61 bits per heavy atom. The van der Waals surface area contributed by atoms with Gasteiger partial charge in [-0.1, -0.05) is 43.9 Å². The van der Waals surface area contributed by atoms with Crippen LogP contribution in [-0.2, 0) is 9.84 Å². The summed E-state index contributed by atoms with van der Waals surface area (Å²) in [5.41, 5.74) is 6.88. The summed E-state index contributed by atoms with van der Waals surface area (Å²) in [7, 11) is -3.17. The van der Waals surface area contributed by atoms with Gasteiger partial charge in [0.2, 0.25) is 0 Å². The van der Waals surface area contributed by atoms with Crippen molar-refractivity contribution in [2.75, 3.05) is 12.3 Å². The maximum atomic E-state index is 12.2. The van der Waals surface area contributed by atoms with Crippen molar-refractivity contribution < 1.29 is 8.42 Å². The van der Waals surface area contributed by atoms with Gasteiger partial charge in [0.25, 0.3) is 0 Å². The lowest BCUT2D eigenvalue weighted by Crippen LogP contribution is -2.40. The number of hydrogen-bond donors (Lipinski definition) is 2. The molecule has 0 radical (unpaired) electrons. The van der Waals surface area contributed by atoms with Gasteiger partial charge in [0, 0.05) is 12.0 Å². The van der Waals surface area contributed by atoms with Crippen LogP contribution in [0.15, 0.2) is 34.2 Å². The van der Waals surface area contributed by atoms with E-state index in [9.17, 15) is 8.42 Å². The van der Waals surface area contributed by atoms with Crippen molar-refractivity contribution in [2.45, 2.75) is 55.4 Å². The smallest absolute Gasteiger partial charge is 0.188 e. The van der Waals surface area contributed by atoms with Crippen LogP contribution in [-0.4, -0.2) is 32.7 Å². The Morgan fingerprint density at radius 1 is 1.17 bits per heavy atom. The van der Waals surface area contributed by atoms with E-state index in [1.54, 1.807) is 12.1 Å². The molecule has 2 aliphatic rings. The topological polar surface area (TPSA) is 84.5 Å². The predicted octanol–water partition coefficient (Wildman–Crippen LogP) is 2.18. The molecule has 0 aromatic heterocycles. The summed E-state index contributed by atoms with van der Waals surface area (Å²) < 4.78 is 24.3. The third-order valence-corrected chi connectivity index (χ3v) is 6.69. The van der Waals surface area contributed by atoms with Crippen LogP contribution in [0, 0.1) is 0 Å². The van der Waals surface area contributed by atoms with E-state index in [-0.39, 0.29) is 11.7 Å². The number of rotatable bonds is 3. The van der Waals surface area contributed by atoms with Gasteiger partial charge in [-0.05, 0) is 24.5 Å². The molecule has 1 heterocycles. The Hall–Kier alpha value is -1.56. The molecule has 1 aromatic carbocycles. The minimum absolute atomic E-state index is 0.0920. The van der Waals surface area contributed by atoms with E-state index >= 15 is 0 Å². The molecule has 6 heteroatoms. The van der Waals surface area contributed by atoms with Gasteiger partial charge in [-0.2, -0.15) is 0 Å². The largest absolute Gasteiger partial charge is 0.370 e. The summed E-state index contributed by atoms with van der Waals surface area (Å²) in [4.78, 5) is 4.87. The van der Waals surface area contributed by atoms with E-state index in [1.165, 1.54) is 25.7 Å². The minimum atomic E-state index is -3.17. The van der Waals surface area contributed by atoms with Gasteiger partial charge >= 0.3 is 0 Å². The molecule has 3 N–H and O–H groups in total. The first-order chi connectivity index (χ1) is 11.1. The molecular formula is C17H25N3O2S. The lowest BCUT2D eigenvalue weighted by atomic mass is 10.0. The number of benzene rings is 1. The lowest BCUT2D eigenvalue weighted by Gasteiger charge is -2.17. The number of sulfone groups is 1. The monoisotopic (exact) mass is 335 g/mol. The maximum absolute atomic E-state index is 12.2. The fourth-order valence-corrected chi connectivity index (χ4v) is 5.46. The van der Waals surface area contributed by atoms with E-state index in [1.807, 2.05) is 12.1 Å². The summed E-state index contributed by atoms with van der Waals surface area (Å²) in [5, 5.41) is 3.31. The van der Waals surface area contributed by atoms with E-state index < -0.39 is 9.84 Å². The Balaban J connectivity index is 1.63. The quantitative estimate of drug-likeness (QED) is 0.504. The predicted molar refractivity (Wildman–Crippen MR) is 92.4 cm³/mol. The van der Waals surface area contributed by atoms with Gasteiger partial charge < -0.3 is 11.1 Å². The summed E-state index contributed by atoms with van der Waals surface area (Å²) in [5.74, 6) is 0.483. The summed E-state index contributed by atoms with van der Waals surface area (Å²) in [6, 6.07) is 7.62. The molecule has 0 saturated heterocycles. The van der Waals surface area contributed by atoms with E-state index in [0.717, 1.165) is 18.4 Å². The summed E-state index contributed by atoms with van der Waals surface area (Å²) in [6.45, 7) is 0.418. The Bertz CT molecular complexity index is 677. The first kappa shape index (κ1) is 16.3. The second-order valence-corrected chi connectivity index (χ2v) is 8.58. The molecule has 5 nitrogen and oxygen atoms in total. The first-order valence-electron chi connectivity index (χ1n) is 8.44. The first-order valence-corrected chi connectivity index (χ1v) is 10.1. The third kappa shape index (κ3) is 3.86. The van der Waals surface area contributed by atoms with Crippen molar-refractivity contribution in [2.24, 2.45) is 10.7 Å². The molecule has 1 aromatic rings. The average Bonchev–Trinajstić information content (AvgIpc) is 2.70. The number of hydrogen-bond acceptors (Lipinski definition) is 3. The van der Waals surface area contributed by atoms with Crippen LogP contribution in [0.4, 0.5) is 0 Å². The van der Waals surface area contributed by atoms with Crippen molar-refractivity contribution in [3.8, 4) is 0 Å². The highest BCUT2D eigenvalue weighted by molar-refractivity contribution is 7.91. The third-order valence-electron chi connectivity index (χ3n) is 4.80. The maximum Gasteiger partial charge on any atom is 0.188 e. The molecule has 0 bridgehead atoms. The molecule has 1 aliphatic carbocycles. The van der Waals surface area contributed by atoms with Gasteiger partial charge in [-0.15, -0.1) is 0 Å². The molecular weight excluding hydrogens is 310 g/mol. The van der Waals surface area contributed by atoms with Crippen LogP contribution in [0.5, 0.6) is 0 Å². The molecule has 0 spiro atoms. The standard InChI is InChI=1S/C17H25N3O2S/c18-17(20-14-7-3-1-2-4-8-14)19-11-13-12-23(21,22)16-10-6-5-9-15(13)16/h5-6,9-10,13-14H,1-4,7-8,11-12H2,(H3,18,19,20). The zero-order valence-electron chi connectivity index (χ0n) is 13.4. The molecule has 3 rings (SSSR count). The Labute approximate surface area is 138 Å². The molecule has 1 aliphatic heterocycles. The number of guanidine groups is 1. The molecule has 1 unspecified atom stereocenters. The number of fused-ring (bicyclic) bond motifs is 1. The summed E-state index contributed by atoms with van der Waals surface area (Å²) in [6.07, 6.45) is 7.34. The van der Waals surface area contributed by atoms with Gasteiger partial charge in [0.05, 0.1) is 17.2 Å². The summed E-state index contributed by atoms with van der Waals surface area (Å²) >= 11 is 0. The fraction of sp³-hybridized carbons (Fsp3) is 0.588. The number of aliphatic imine (C=N–C) groups is 1. The fourth-order valence-electron chi connectivity index (χ4n) is 3.58. The van der Waals surface area contributed by atoms with Gasteiger partial charge in [0.1, 0.15) is 0 Å². The highest BCUT2D eigenvalue weighted by atomic mass is 32.2. The molecule has 23 heavy (non-hydrogen) atoms. The van der Waals surface area contributed by atoms with Gasteiger partial charge in [-0.25, -0.2) is 8.42 Å². The van der Waals surface area contributed by atoms with E-state index in [4.69, 9.17) is 5.73 Å². The van der Waals surface area contributed by atoms with Crippen molar-refractivity contribution in [1.29, 1.82) is 0 Å². The van der Waals surface area contributed by atoms with Crippen molar-refractivity contribution in [1.82, 2.24) is 5.32 Å². The van der Waals surface area contributed by atoms with Crippen LogP contribution in [0.2, 0.25) is 0 Å². The van der Waals surface area contributed by atoms with Gasteiger partial charge in [0.15, 0.2) is 15.8 Å². The molecule has 0 amide bonds. The van der Waals surface area contributed by atoms with Gasteiger partial charge in [-0.3, -0.25) is 4.99 Å². The highest BCUT2D eigenvalue weighted by Crippen LogP contribution is 2.34. The van der Waals surface area contributed by atoms with Crippen LogP contribution in [0.3, 0.4) is 0 Å². The van der Waals surface area contributed by atoms with Crippen LogP contribution < -0.4 is 11.1 Å². The zero-order valence-corrected chi connectivity index (χ0v) is 14.2. The second-order valence-electron chi connectivity index (χ2n) is 6.57. The zero-order chi connectivity index (χ0) is 16.3. The normalized spacial score (nSPS) is 24.9. The van der Waals surface area contributed by atoms with Crippen molar-refractivity contribution in [3.05, 3.63) is 29.8 Å². The second kappa shape index (κ2) is 6.91. The van der Waals surface area contributed by atoms with E-state index in [2.05, 4.69) is 10.3 Å². The number of nitrogens with two attached hydrogens (primary N) is 1. The molecule has 1 fully saturated rings. The van der Waals surface area contributed by atoms with Crippen molar-refractivity contribution in [3.63, 3.8) is 0 Å². The Morgan fingerprint density at radius 2 is 1.87 bits per heavy atom. The Kier molecular flexibility index (Phi) is 4.90. The molecule has 126 valence electrons. The minimum Gasteiger partial charge on any atom is -0.370 e. The van der Waals surface area contributed by atoms with Crippen LogP contribution >= 0.6 is 0 Å². The number of nitrogens with one attached hydrogen (secondary N) is 1. The van der Waals surface area contributed by atoms with Crippen molar-refractivity contribution >= 4 is 15.8 Å². The van der Waals surface area contributed by atoms with Crippen LogP contribution in [0.25, 0.3) is 0 Å². The lowest BCUT2D eigenvalue weighted by molar-refractivity contribution is 0.529.